The minimum absolute atomic E-state index is 0.133. The van der Waals surface area contributed by atoms with Gasteiger partial charge in [-0.15, -0.1) is 0 Å². The number of ether oxygens (including phenoxy) is 2. The molecule has 0 heterocycles. The Kier molecular flexibility index (Phi) is 5.60. The number of ketones is 1. The van der Waals surface area contributed by atoms with Crippen molar-refractivity contribution >= 4 is 11.8 Å². The minimum Gasteiger partial charge on any atom is -0.502 e. The lowest BCUT2D eigenvalue weighted by Gasteiger charge is -2.03. The van der Waals surface area contributed by atoms with Crippen LogP contribution in [0.4, 0.5) is 0 Å². The number of allylic oxidation sites excluding steroid dienone is 1. The molecule has 19 heavy (non-hydrogen) atoms. The Morgan fingerprint density at radius 3 is 2.32 bits per heavy atom. The van der Waals surface area contributed by atoms with E-state index in [1.54, 1.807) is 31.2 Å². The molecule has 0 unspecified atom stereocenters. The van der Waals surface area contributed by atoms with Crippen molar-refractivity contribution < 1.29 is 24.2 Å². The highest BCUT2D eigenvalue weighted by Gasteiger charge is 2.12. The average molecular weight is 264 g/mol. The molecule has 0 aliphatic rings. The Labute approximate surface area is 111 Å². The van der Waals surface area contributed by atoms with Crippen LogP contribution in [-0.4, -0.2) is 30.1 Å². The zero-order valence-corrected chi connectivity index (χ0v) is 10.9. The first-order valence-corrected chi connectivity index (χ1v) is 5.93. The van der Waals surface area contributed by atoms with Crippen LogP contribution in [0.15, 0.2) is 36.1 Å². The number of hydrogen-bond acceptors (Lipinski definition) is 5. The molecule has 0 radical (unpaired) electrons. The number of aliphatic hydroxyl groups excluding tert-OH is 1. The van der Waals surface area contributed by atoms with Gasteiger partial charge in [-0.3, -0.25) is 4.79 Å². The maximum atomic E-state index is 11.7. The van der Waals surface area contributed by atoms with E-state index in [0.717, 1.165) is 6.08 Å². The molecule has 0 fully saturated rings. The van der Waals surface area contributed by atoms with Crippen molar-refractivity contribution in [2.45, 2.75) is 13.8 Å². The van der Waals surface area contributed by atoms with E-state index in [-0.39, 0.29) is 6.61 Å². The van der Waals surface area contributed by atoms with Crippen molar-refractivity contribution in [1.29, 1.82) is 0 Å². The van der Waals surface area contributed by atoms with Gasteiger partial charge in [0.15, 0.2) is 5.78 Å². The maximum Gasteiger partial charge on any atom is 0.373 e. The molecule has 0 aliphatic heterocycles. The molecule has 1 aromatic rings. The number of carbonyl (C=O) groups is 2. The summed E-state index contributed by atoms with van der Waals surface area (Å²) in [6, 6.07) is 6.41. The summed E-state index contributed by atoms with van der Waals surface area (Å²) < 4.78 is 9.80. The highest BCUT2D eigenvalue weighted by atomic mass is 16.5. The highest BCUT2D eigenvalue weighted by molar-refractivity contribution is 6.07. The number of aliphatic hydroxyl groups is 1. The van der Waals surface area contributed by atoms with Gasteiger partial charge >= 0.3 is 5.97 Å². The second-order valence-corrected chi connectivity index (χ2v) is 3.57. The largest absolute Gasteiger partial charge is 0.502 e. The van der Waals surface area contributed by atoms with Crippen molar-refractivity contribution in [3.8, 4) is 5.75 Å². The van der Waals surface area contributed by atoms with Gasteiger partial charge in [0.2, 0.25) is 5.76 Å². The van der Waals surface area contributed by atoms with E-state index in [0.29, 0.717) is 17.9 Å². The molecule has 0 saturated heterocycles. The van der Waals surface area contributed by atoms with Crippen LogP contribution in [0.25, 0.3) is 0 Å². The topological polar surface area (TPSA) is 72.8 Å². The molecule has 0 aromatic heterocycles. The third-order valence-electron chi connectivity index (χ3n) is 2.20. The third kappa shape index (κ3) is 4.46. The van der Waals surface area contributed by atoms with Crippen LogP contribution in [0.1, 0.15) is 24.2 Å². The molecule has 102 valence electrons. The van der Waals surface area contributed by atoms with Crippen molar-refractivity contribution in [2.24, 2.45) is 0 Å². The van der Waals surface area contributed by atoms with Crippen LogP contribution in [0, 0.1) is 0 Å². The highest BCUT2D eigenvalue weighted by Crippen LogP contribution is 2.13. The Hall–Kier alpha value is -2.30. The van der Waals surface area contributed by atoms with Gasteiger partial charge in [0.25, 0.3) is 0 Å². The first-order valence-electron chi connectivity index (χ1n) is 5.93. The van der Waals surface area contributed by atoms with Crippen molar-refractivity contribution in [2.75, 3.05) is 13.2 Å². The van der Waals surface area contributed by atoms with E-state index in [9.17, 15) is 14.7 Å². The van der Waals surface area contributed by atoms with E-state index >= 15 is 0 Å². The smallest absolute Gasteiger partial charge is 0.373 e. The minimum atomic E-state index is -0.915. The summed E-state index contributed by atoms with van der Waals surface area (Å²) in [6.45, 7) is 4.14. The lowest BCUT2D eigenvalue weighted by molar-refractivity contribution is -0.141. The summed E-state index contributed by atoms with van der Waals surface area (Å²) >= 11 is 0. The Balaban J connectivity index is 2.77. The monoisotopic (exact) mass is 264 g/mol. The van der Waals surface area contributed by atoms with Gasteiger partial charge in [-0.2, -0.15) is 0 Å². The molecule has 1 aromatic carbocycles. The summed E-state index contributed by atoms with van der Waals surface area (Å²) in [5.41, 5.74) is 0.347. The molecule has 1 N–H and O–H groups in total. The maximum absolute atomic E-state index is 11.7. The number of carbonyl (C=O) groups excluding carboxylic acids is 2. The van der Waals surface area contributed by atoms with Crippen molar-refractivity contribution in [3.63, 3.8) is 0 Å². The third-order valence-corrected chi connectivity index (χ3v) is 2.20. The molecule has 0 amide bonds. The summed E-state index contributed by atoms with van der Waals surface area (Å²) in [6.07, 6.45) is 0.841. The van der Waals surface area contributed by atoms with E-state index < -0.39 is 17.5 Å². The number of benzene rings is 1. The molecule has 1 rings (SSSR count). The molecule has 0 saturated carbocycles. The van der Waals surface area contributed by atoms with Crippen molar-refractivity contribution in [1.82, 2.24) is 0 Å². The Morgan fingerprint density at radius 2 is 1.79 bits per heavy atom. The normalized spacial score (nSPS) is 10.9. The molecule has 0 bridgehead atoms. The van der Waals surface area contributed by atoms with Gasteiger partial charge < -0.3 is 14.6 Å². The predicted molar refractivity (Wildman–Crippen MR) is 69.3 cm³/mol. The van der Waals surface area contributed by atoms with Crippen molar-refractivity contribution in [3.05, 3.63) is 41.7 Å². The molecule has 0 atom stereocenters. The van der Waals surface area contributed by atoms with Crippen LogP contribution < -0.4 is 4.74 Å². The van der Waals surface area contributed by atoms with Gasteiger partial charge in [0.1, 0.15) is 5.75 Å². The fourth-order valence-electron chi connectivity index (χ4n) is 1.35. The summed E-state index contributed by atoms with van der Waals surface area (Å²) in [4.78, 5) is 22.9. The van der Waals surface area contributed by atoms with E-state index in [2.05, 4.69) is 4.74 Å². The van der Waals surface area contributed by atoms with E-state index in [1.165, 1.54) is 0 Å². The van der Waals surface area contributed by atoms with Gasteiger partial charge in [-0.25, -0.2) is 4.79 Å². The number of hydrogen-bond donors (Lipinski definition) is 1. The Bertz CT molecular complexity index is 473. The van der Waals surface area contributed by atoms with Crippen LogP contribution in [0.5, 0.6) is 5.75 Å². The lowest BCUT2D eigenvalue weighted by Crippen LogP contribution is -2.09. The molecule has 5 nitrogen and oxygen atoms in total. The molecular formula is C14H16O5. The van der Waals surface area contributed by atoms with Gasteiger partial charge in [-0.05, 0) is 38.1 Å². The summed E-state index contributed by atoms with van der Waals surface area (Å²) in [5, 5.41) is 9.36. The van der Waals surface area contributed by atoms with Crippen LogP contribution in [-0.2, 0) is 9.53 Å². The summed E-state index contributed by atoms with van der Waals surface area (Å²) in [5.74, 6) is -1.45. The zero-order valence-electron chi connectivity index (χ0n) is 10.9. The Morgan fingerprint density at radius 1 is 1.16 bits per heavy atom. The second-order valence-electron chi connectivity index (χ2n) is 3.57. The molecule has 0 aliphatic carbocycles. The number of esters is 1. The van der Waals surface area contributed by atoms with E-state index in [4.69, 9.17) is 4.74 Å². The lowest BCUT2D eigenvalue weighted by atomic mass is 10.1. The second kappa shape index (κ2) is 7.20. The molecular weight excluding hydrogens is 248 g/mol. The molecule has 0 spiro atoms. The van der Waals surface area contributed by atoms with Gasteiger partial charge in [0, 0.05) is 11.6 Å². The zero-order chi connectivity index (χ0) is 14.3. The SMILES string of the molecule is CCOC(=O)/C(O)=C/C(=O)c1ccc(OCC)cc1. The van der Waals surface area contributed by atoms with Gasteiger partial charge in [0.05, 0.1) is 13.2 Å². The first kappa shape index (κ1) is 14.8. The van der Waals surface area contributed by atoms with Gasteiger partial charge in [-0.1, -0.05) is 0 Å². The van der Waals surface area contributed by atoms with Crippen LogP contribution >= 0.6 is 0 Å². The quantitative estimate of drug-likeness (QED) is 0.369. The number of rotatable bonds is 6. The summed E-state index contributed by atoms with van der Waals surface area (Å²) in [7, 11) is 0. The van der Waals surface area contributed by atoms with Crippen LogP contribution in [0.2, 0.25) is 0 Å². The van der Waals surface area contributed by atoms with E-state index in [1.807, 2.05) is 6.92 Å². The first-order chi connectivity index (χ1) is 9.08. The fourth-order valence-corrected chi connectivity index (χ4v) is 1.35. The molecule has 5 heteroatoms. The fraction of sp³-hybridized carbons (Fsp3) is 0.286. The standard InChI is InChI=1S/C14H16O5/c1-3-18-11-7-5-10(6-8-11)12(15)9-13(16)14(17)19-4-2/h5-9,16H,3-4H2,1-2H3/b13-9-. The predicted octanol–water partition coefficient (Wildman–Crippen LogP) is 2.27. The average Bonchev–Trinajstić information content (AvgIpc) is 2.40. The van der Waals surface area contributed by atoms with Crippen LogP contribution in [0.3, 0.4) is 0 Å².